The van der Waals surface area contributed by atoms with Crippen LogP contribution in [0.25, 0.3) is 10.8 Å². The van der Waals surface area contributed by atoms with Crippen LogP contribution in [0.4, 0.5) is 0 Å². The first-order chi connectivity index (χ1) is 8.72. The molecule has 0 amide bonds. The number of ether oxygens (including phenoxy) is 1. The lowest BCUT2D eigenvalue weighted by molar-refractivity contribution is -0.137. The maximum atomic E-state index is 11.5. The second kappa shape index (κ2) is 5.74. The minimum Gasteiger partial charge on any atom is -0.462 e. The third-order valence-electron chi connectivity index (χ3n) is 2.49. The van der Waals surface area contributed by atoms with Crippen LogP contribution in [-0.4, -0.2) is 12.6 Å². The molecule has 2 nitrogen and oxygen atoms in total. The highest BCUT2D eigenvalue weighted by Crippen LogP contribution is 2.32. The van der Waals surface area contributed by atoms with Gasteiger partial charge in [-0.25, -0.2) is 4.79 Å². The number of hydrogen-bond acceptors (Lipinski definition) is 3. The zero-order chi connectivity index (χ0) is 13.0. The highest BCUT2D eigenvalue weighted by molar-refractivity contribution is 8.04. The molecule has 0 aliphatic carbocycles. The van der Waals surface area contributed by atoms with Gasteiger partial charge in [0.25, 0.3) is 0 Å². The van der Waals surface area contributed by atoms with E-state index in [9.17, 15) is 4.79 Å². The normalized spacial score (nSPS) is 10.3. The number of carbonyl (C=O) groups is 1. The summed E-state index contributed by atoms with van der Waals surface area (Å²) in [5.41, 5.74) is 0. The summed E-state index contributed by atoms with van der Waals surface area (Å²) in [7, 11) is 0. The fourth-order valence-corrected chi connectivity index (χ4v) is 2.52. The van der Waals surface area contributed by atoms with Gasteiger partial charge in [0, 0.05) is 4.90 Å². The average Bonchev–Trinajstić information content (AvgIpc) is 2.39. The molecular formula is C15H14O2S. The molecule has 0 bridgehead atoms. The Morgan fingerprint density at radius 1 is 1.22 bits per heavy atom. The van der Waals surface area contributed by atoms with Gasteiger partial charge in [-0.05, 0) is 23.8 Å². The van der Waals surface area contributed by atoms with Crippen LogP contribution in [0, 0.1) is 0 Å². The van der Waals surface area contributed by atoms with Crippen molar-refractivity contribution in [2.75, 3.05) is 6.61 Å². The summed E-state index contributed by atoms with van der Waals surface area (Å²) in [5.74, 6) is -0.351. The van der Waals surface area contributed by atoms with E-state index in [0.29, 0.717) is 11.5 Å². The molecule has 3 heteroatoms. The van der Waals surface area contributed by atoms with E-state index in [2.05, 4.69) is 6.58 Å². The van der Waals surface area contributed by atoms with Crippen LogP contribution in [0.1, 0.15) is 6.92 Å². The second-order valence-corrected chi connectivity index (χ2v) is 4.86. The Balaban J connectivity index is 2.27. The minimum atomic E-state index is -0.351. The summed E-state index contributed by atoms with van der Waals surface area (Å²) >= 11 is 1.35. The van der Waals surface area contributed by atoms with Gasteiger partial charge in [0.1, 0.15) is 0 Å². The molecular weight excluding hydrogens is 244 g/mol. The van der Waals surface area contributed by atoms with Gasteiger partial charge in [-0.3, -0.25) is 0 Å². The molecule has 2 rings (SSSR count). The summed E-state index contributed by atoms with van der Waals surface area (Å²) in [6.45, 7) is 5.92. The number of esters is 1. The van der Waals surface area contributed by atoms with Crippen LogP contribution in [0.3, 0.4) is 0 Å². The van der Waals surface area contributed by atoms with E-state index in [0.717, 1.165) is 15.7 Å². The van der Waals surface area contributed by atoms with E-state index in [1.54, 1.807) is 6.92 Å². The first-order valence-electron chi connectivity index (χ1n) is 5.74. The molecule has 0 heterocycles. The van der Waals surface area contributed by atoms with Crippen LogP contribution in [0.5, 0.6) is 0 Å². The maximum absolute atomic E-state index is 11.5. The van der Waals surface area contributed by atoms with Gasteiger partial charge in [-0.15, -0.1) is 0 Å². The van der Waals surface area contributed by atoms with Crippen LogP contribution in [0.15, 0.2) is 58.8 Å². The van der Waals surface area contributed by atoms with E-state index < -0.39 is 0 Å². The summed E-state index contributed by atoms with van der Waals surface area (Å²) in [5, 5.41) is 2.27. The molecule has 0 fully saturated rings. The molecule has 0 N–H and O–H groups in total. The number of rotatable bonds is 4. The van der Waals surface area contributed by atoms with Gasteiger partial charge >= 0.3 is 5.97 Å². The number of carbonyl (C=O) groups excluding carboxylic acids is 1. The zero-order valence-corrected chi connectivity index (χ0v) is 11.0. The fraction of sp³-hybridized carbons (Fsp3) is 0.133. The second-order valence-electron chi connectivity index (χ2n) is 3.72. The van der Waals surface area contributed by atoms with Crippen molar-refractivity contribution >= 4 is 28.5 Å². The molecule has 0 aromatic heterocycles. The molecule has 2 aromatic carbocycles. The van der Waals surface area contributed by atoms with Gasteiger partial charge in [0.15, 0.2) is 0 Å². The van der Waals surface area contributed by atoms with E-state index in [4.69, 9.17) is 4.74 Å². The van der Waals surface area contributed by atoms with Crippen molar-refractivity contribution in [1.29, 1.82) is 0 Å². The third-order valence-corrected chi connectivity index (χ3v) is 3.47. The van der Waals surface area contributed by atoms with Crippen molar-refractivity contribution in [3.8, 4) is 0 Å². The van der Waals surface area contributed by atoms with E-state index >= 15 is 0 Å². The third kappa shape index (κ3) is 2.74. The van der Waals surface area contributed by atoms with Gasteiger partial charge < -0.3 is 4.74 Å². The van der Waals surface area contributed by atoms with E-state index in [-0.39, 0.29) is 5.97 Å². The predicted octanol–water partition coefficient (Wildman–Crippen LogP) is 4.01. The Morgan fingerprint density at radius 2 is 1.94 bits per heavy atom. The van der Waals surface area contributed by atoms with Gasteiger partial charge in [0.2, 0.25) is 0 Å². The zero-order valence-electron chi connectivity index (χ0n) is 10.2. The summed E-state index contributed by atoms with van der Waals surface area (Å²) in [4.78, 5) is 13.0. The van der Waals surface area contributed by atoms with E-state index in [1.807, 2.05) is 42.5 Å². The van der Waals surface area contributed by atoms with Gasteiger partial charge in [-0.1, -0.05) is 54.7 Å². The molecule has 18 heavy (non-hydrogen) atoms. The first-order valence-corrected chi connectivity index (χ1v) is 6.55. The Kier molecular flexibility index (Phi) is 4.05. The van der Waals surface area contributed by atoms with Crippen LogP contribution >= 0.6 is 11.8 Å². The lowest BCUT2D eigenvalue weighted by atomic mass is 10.1. The first kappa shape index (κ1) is 12.7. The number of benzene rings is 2. The summed E-state index contributed by atoms with van der Waals surface area (Å²) in [6, 6.07) is 14.1. The maximum Gasteiger partial charge on any atom is 0.344 e. The number of thioether (sulfide) groups is 1. The van der Waals surface area contributed by atoms with Crippen LogP contribution in [0.2, 0.25) is 0 Å². The Hall–Kier alpha value is -1.74. The number of fused-ring (bicyclic) bond motifs is 1. The van der Waals surface area contributed by atoms with Crippen molar-refractivity contribution in [3.63, 3.8) is 0 Å². The molecule has 0 unspecified atom stereocenters. The molecule has 0 atom stereocenters. The van der Waals surface area contributed by atoms with Gasteiger partial charge in [-0.2, -0.15) is 0 Å². The van der Waals surface area contributed by atoms with Crippen LogP contribution < -0.4 is 0 Å². The lowest BCUT2D eigenvalue weighted by Crippen LogP contribution is -2.04. The van der Waals surface area contributed by atoms with Gasteiger partial charge in [0.05, 0.1) is 11.5 Å². The highest BCUT2D eigenvalue weighted by Gasteiger charge is 2.11. The van der Waals surface area contributed by atoms with E-state index in [1.165, 1.54) is 11.8 Å². The molecule has 0 saturated heterocycles. The molecule has 0 aliphatic rings. The Bertz CT molecular complexity index is 585. The minimum absolute atomic E-state index is 0.351. The molecule has 0 aliphatic heterocycles. The Morgan fingerprint density at radius 3 is 2.72 bits per heavy atom. The monoisotopic (exact) mass is 258 g/mol. The van der Waals surface area contributed by atoms with Crippen molar-refractivity contribution in [3.05, 3.63) is 53.9 Å². The SMILES string of the molecule is C=C(Sc1cccc2ccccc12)C(=O)OCC. The van der Waals surface area contributed by atoms with Crippen molar-refractivity contribution in [2.45, 2.75) is 11.8 Å². The number of hydrogen-bond donors (Lipinski definition) is 0. The lowest BCUT2D eigenvalue weighted by Gasteiger charge is -2.07. The quantitative estimate of drug-likeness (QED) is 0.471. The predicted molar refractivity (Wildman–Crippen MR) is 75.6 cm³/mol. The largest absolute Gasteiger partial charge is 0.462 e. The average molecular weight is 258 g/mol. The van der Waals surface area contributed by atoms with Crippen molar-refractivity contribution in [2.24, 2.45) is 0 Å². The summed E-state index contributed by atoms with van der Waals surface area (Å²) in [6.07, 6.45) is 0. The van der Waals surface area contributed by atoms with Crippen LogP contribution in [-0.2, 0) is 9.53 Å². The molecule has 2 aromatic rings. The fourth-order valence-electron chi connectivity index (χ4n) is 1.67. The van der Waals surface area contributed by atoms with Crippen molar-refractivity contribution < 1.29 is 9.53 Å². The smallest absolute Gasteiger partial charge is 0.344 e. The topological polar surface area (TPSA) is 26.3 Å². The Labute approximate surface area is 111 Å². The summed E-state index contributed by atoms with van der Waals surface area (Å²) < 4.78 is 4.93. The van der Waals surface area contributed by atoms with Crippen molar-refractivity contribution in [1.82, 2.24) is 0 Å². The molecule has 92 valence electrons. The molecule has 0 radical (unpaired) electrons. The molecule has 0 spiro atoms. The standard InChI is InChI=1S/C15H14O2S/c1-3-17-15(16)11(2)18-14-10-6-8-12-7-4-5-9-13(12)14/h4-10H,2-3H2,1H3. The highest BCUT2D eigenvalue weighted by atomic mass is 32.2. The molecule has 0 saturated carbocycles.